The molecule has 0 aliphatic heterocycles. The number of nitrogens with one attached hydrogen (secondary N) is 1. The number of ether oxygens (including phenoxy) is 1. The molecule has 8 nitrogen and oxygen atoms in total. The van der Waals surface area contributed by atoms with Crippen molar-refractivity contribution in [2.75, 3.05) is 0 Å². The molecule has 0 unspecified atom stereocenters. The topological polar surface area (TPSA) is 116 Å². The first kappa shape index (κ1) is 14.5. The van der Waals surface area contributed by atoms with Crippen molar-refractivity contribution in [3.8, 4) is 0 Å². The number of imidazole rings is 1. The number of hydrogen-bond donors (Lipinski definition) is 2. The molecule has 0 saturated heterocycles. The van der Waals surface area contributed by atoms with E-state index in [2.05, 4.69) is 4.98 Å². The molecule has 8 heteroatoms. The highest BCUT2D eigenvalue weighted by Crippen LogP contribution is 2.10. The molecule has 0 aliphatic rings. The third-order valence-electron chi connectivity index (χ3n) is 2.80. The number of amides is 3. The summed E-state index contributed by atoms with van der Waals surface area (Å²) >= 11 is 0. The zero-order valence-corrected chi connectivity index (χ0v) is 11.5. The Labute approximate surface area is 119 Å². The number of hydrogen-bond acceptors (Lipinski definition) is 5. The summed E-state index contributed by atoms with van der Waals surface area (Å²) in [6, 6.07) is 4.42. The monoisotopic (exact) mass is 290 g/mol. The van der Waals surface area contributed by atoms with Gasteiger partial charge in [0.05, 0.1) is 0 Å². The van der Waals surface area contributed by atoms with Crippen molar-refractivity contribution in [3.05, 3.63) is 35.8 Å². The van der Waals surface area contributed by atoms with Crippen LogP contribution in [0.25, 0.3) is 5.65 Å². The molecule has 0 bridgehead atoms. The summed E-state index contributed by atoms with van der Waals surface area (Å²) in [4.78, 5) is 38.0. The van der Waals surface area contributed by atoms with Crippen LogP contribution in [0.2, 0.25) is 0 Å². The Morgan fingerprint density at radius 1 is 1.38 bits per heavy atom. The average molecular weight is 290 g/mol. The molecule has 110 valence electrons. The number of carbonyl (C=O) groups excluding carboxylic acids is 3. The van der Waals surface area contributed by atoms with E-state index in [9.17, 15) is 14.4 Å². The number of aryl methyl sites for hydroxylation is 1. The van der Waals surface area contributed by atoms with Crippen LogP contribution in [-0.4, -0.2) is 33.4 Å². The van der Waals surface area contributed by atoms with Gasteiger partial charge < -0.3 is 14.9 Å². The minimum absolute atomic E-state index is 0.0722. The van der Waals surface area contributed by atoms with Gasteiger partial charge in [-0.15, -0.1) is 0 Å². The van der Waals surface area contributed by atoms with E-state index < -0.39 is 24.0 Å². The molecule has 21 heavy (non-hydrogen) atoms. The Balaban J connectivity index is 2.13. The molecule has 0 aromatic carbocycles. The zero-order chi connectivity index (χ0) is 15.6. The van der Waals surface area contributed by atoms with Crippen molar-refractivity contribution in [2.45, 2.75) is 20.0 Å². The molecular weight excluding hydrogens is 276 g/mol. The second-order valence-corrected chi connectivity index (χ2v) is 4.42. The minimum atomic E-state index is -1.16. The second kappa shape index (κ2) is 5.61. The van der Waals surface area contributed by atoms with E-state index in [0.717, 1.165) is 5.69 Å². The number of rotatable bonds is 3. The summed E-state index contributed by atoms with van der Waals surface area (Å²) < 4.78 is 6.66. The summed E-state index contributed by atoms with van der Waals surface area (Å²) in [5, 5.41) is 1.83. The van der Waals surface area contributed by atoms with E-state index in [4.69, 9.17) is 10.5 Å². The van der Waals surface area contributed by atoms with Crippen LogP contribution in [0.4, 0.5) is 4.79 Å². The molecule has 2 aromatic rings. The van der Waals surface area contributed by atoms with Gasteiger partial charge in [0, 0.05) is 11.9 Å². The average Bonchev–Trinajstić information content (AvgIpc) is 2.83. The molecule has 0 saturated carbocycles. The first-order chi connectivity index (χ1) is 9.88. The van der Waals surface area contributed by atoms with Gasteiger partial charge in [0.25, 0.3) is 5.91 Å². The summed E-state index contributed by atoms with van der Waals surface area (Å²) in [5.74, 6) is -1.55. The molecule has 2 heterocycles. The molecule has 3 N–H and O–H groups in total. The van der Waals surface area contributed by atoms with E-state index in [0.29, 0.717) is 5.65 Å². The molecule has 0 spiro atoms. The number of carbonyl (C=O) groups is 3. The van der Waals surface area contributed by atoms with Crippen molar-refractivity contribution in [1.82, 2.24) is 14.7 Å². The predicted octanol–water partition coefficient (Wildman–Crippen LogP) is 0.383. The van der Waals surface area contributed by atoms with Gasteiger partial charge in [0.15, 0.2) is 11.8 Å². The summed E-state index contributed by atoms with van der Waals surface area (Å²) in [6.45, 7) is 3.20. The molecule has 0 aliphatic carbocycles. The third kappa shape index (κ3) is 3.16. The van der Waals surface area contributed by atoms with E-state index in [-0.39, 0.29) is 5.69 Å². The number of esters is 1. The number of nitrogens with zero attached hydrogens (tertiary/aromatic N) is 2. The largest absolute Gasteiger partial charge is 0.448 e. The lowest BCUT2D eigenvalue weighted by Gasteiger charge is -2.10. The fourth-order valence-corrected chi connectivity index (χ4v) is 1.74. The fourth-order valence-electron chi connectivity index (χ4n) is 1.74. The summed E-state index contributed by atoms with van der Waals surface area (Å²) in [5.41, 5.74) is 6.38. The van der Waals surface area contributed by atoms with E-state index in [1.54, 1.807) is 10.5 Å². The Morgan fingerprint density at radius 2 is 2.10 bits per heavy atom. The van der Waals surface area contributed by atoms with Crippen LogP contribution in [0.3, 0.4) is 0 Å². The van der Waals surface area contributed by atoms with Crippen LogP contribution in [0.15, 0.2) is 24.4 Å². The highest BCUT2D eigenvalue weighted by Gasteiger charge is 2.21. The molecule has 3 amide bonds. The molecular formula is C13H14N4O4. The van der Waals surface area contributed by atoms with Crippen molar-refractivity contribution in [3.63, 3.8) is 0 Å². The fraction of sp³-hybridized carbons (Fsp3) is 0.231. The molecule has 0 radical (unpaired) electrons. The predicted molar refractivity (Wildman–Crippen MR) is 72.5 cm³/mol. The molecule has 2 rings (SSSR count). The van der Waals surface area contributed by atoms with Gasteiger partial charge in [-0.2, -0.15) is 0 Å². The number of aromatic nitrogens is 2. The van der Waals surface area contributed by atoms with Gasteiger partial charge in [0.1, 0.15) is 5.65 Å². The molecule has 0 fully saturated rings. The number of fused-ring (bicyclic) bond motifs is 1. The highest BCUT2D eigenvalue weighted by atomic mass is 16.5. The maximum atomic E-state index is 11.9. The van der Waals surface area contributed by atoms with Crippen LogP contribution in [0.1, 0.15) is 23.1 Å². The number of pyridine rings is 1. The van der Waals surface area contributed by atoms with Crippen molar-refractivity contribution in [1.29, 1.82) is 0 Å². The van der Waals surface area contributed by atoms with Crippen molar-refractivity contribution in [2.24, 2.45) is 5.73 Å². The number of urea groups is 1. The van der Waals surface area contributed by atoms with Crippen LogP contribution >= 0.6 is 0 Å². The third-order valence-corrected chi connectivity index (χ3v) is 2.80. The Kier molecular flexibility index (Phi) is 3.88. The van der Waals surface area contributed by atoms with Crippen molar-refractivity contribution < 1.29 is 19.1 Å². The Bertz CT molecular complexity index is 722. The van der Waals surface area contributed by atoms with E-state index >= 15 is 0 Å². The van der Waals surface area contributed by atoms with Gasteiger partial charge in [0.2, 0.25) is 0 Å². The summed E-state index contributed by atoms with van der Waals surface area (Å²) in [6.07, 6.45) is 0.363. The number of nitrogens with two attached hydrogens (primary N) is 1. The van der Waals surface area contributed by atoms with Crippen molar-refractivity contribution >= 4 is 23.6 Å². The van der Waals surface area contributed by atoms with Gasteiger partial charge in [-0.3, -0.25) is 10.1 Å². The van der Waals surface area contributed by atoms with Crippen LogP contribution in [0, 0.1) is 6.92 Å². The lowest BCUT2D eigenvalue weighted by molar-refractivity contribution is -0.127. The smallest absolute Gasteiger partial charge is 0.359 e. The lowest BCUT2D eigenvalue weighted by Crippen LogP contribution is -2.42. The first-order valence-electron chi connectivity index (χ1n) is 6.14. The van der Waals surface area contributed by atoms with E-state index in [1.807, 2.05) is 24.4 Å². The second-order valence-electron chi connectivity index (χ2n) is 4.42. The number of imide groups is 1. The quantitative estimate of drug-likeness (QED) is 0.793. The molecule has 1 atom stereocenters. The SMILES string of the molecule is Cc1cccc2nc(C(=O)O[C@H](C)C(=O)NC(N)=O)cn12. The maximum absolute atomic E-state index is 11.9. The van der Waals surface area contributed by atoms with E-state index in [1.165, 1.54) is 13.1 Å². The van der Waals surface area contributed by atoms with Gasteiger partial charge in [-0.05, 0) is 26.0 Å². The first-order valence-corrected chi connectivity index (χ1v) is 6.14. The highest BCUT2D eigenvalue weighted by molar-refractivity contribution is 5.97. The number of primary amides is 1. The van der Waals surface area contributed by atoms with Crippen LogP contribution in [0.5, 0.6) is 0 Å². The Morgan fingerprint density at radius 3 is 2.71 bits per heavy atom. The molecule has 2 aromatic heterocycles. The van der Waals surface area contributed by atoms with Crippen LogP contribution in [-0.2, 0) is 9.53 Å². The normalized spacial score (nSPS) is 11.9. The Hall–Kier alpha value is -2.90. The van der Waals surface area contributed by atoms with Gasteiger partial charge in [-0.25, -0.2) is 14.6 Å². The lowest BCUT2D eigenvalue weighted by atomic mass is 10.3. The summed E-state index contributed by atoms with van der Waals surface area (Å²) in [7, 11) is 0. The van der Waals surface area contributed by atoms with Crippen LogP contribution < -0.4 is 11.1 Å². The maximum Gasteiger partial charge on any atom is 0.359 e. The standard InChI is InChI=1S/C13H14N4O4/c1-7-4-3-5-10-15-9(6-17(7)10)12(19)21-8(2)11(18)16-13(14)20/h3-6,8H,1-2H3,(H3,14,16,18,20)/t8-/m1/s1. The minimum Gasteiger partial charge on any atom is -0.448 e. The van der Waals surface area contributed by atoms with Gasteiger partial charge in [-0.1, -0.05) is 6.07 Å². The zero-order valence-electron chi connectivity index (χ0n) is 11.5. The van der Waals surface area contributed by atoms with Gasteiger partial charge >= 0.3 is 12.0 Å².